The third kappa shape index (κ3) is 13.0. The molecule has 2 unspecified atom stereocenters. The molecular formula is C31H52N2S2. The van der Waals surface area contributed by atoms with Crippen molar-refractivity contribution in [1.29, 1.82) is 0 Å². The zero-order valence-electron chi connectivity index (χ0n) is 23.6. The summed E-state index contributed by atoms with van der Waals surface area (Å²) in [4.78, 5) is 2.63. The highest BCUT2D eigenvalue weighted by atomic mass is 32.2. The maximum Gasteiger partial charge on any atom is 0.0478 e. The molecule has 2 atom stereocenters. The van der Waals surface area contributed by atoms with E-state index in [1.165, 1.54) is 89.5 Å². The summed E-state index contributed by atoms with van der Waals surface area (Å²) in [6.45, 7) is 13.4. The van der Waals surface area contributed by atoms with Crippen LogP contribution in [0.1, 0.15) is 90.2 Å². The lowest BCUT2D eigenvalue weighted by atomic mass is 10.0. The monoisotopic (exact) mass is 516 g/mol. The van der Waals surface area contributed by atoms with E-state index in [-0.39, 0.29) is 0 Å². The van der Waals surface area contributed by atoms with E-state index in [0.29, 0.717) is 0 Å². The number of nitrogen functional groups attached to an aromatic ring is 1. The quantitative estimate of drug-likeness (QED) is 0.182. The molecule has 0 aliphatic carbocycles. The van der Waals surface area contributed by atoms with Gasteiger partial charge in [-0.25, -0.2) is 0 Å². The van der Waals surface area contributed by atoms with Gasteiger partial charge < -0.3 is 11.1 Å². The third-order valence-electron chi connectivity index (χ3n) is 6.61. The minimum Gasteiger partial charge on any atom is -0.398 e. The van der Waals surface area contributed by atoms with E-state index in [1.807, 2.05) is 30.6 Å². The van der Waals surface area contributed by atoms with Gasteiger partial charge in [-0.2, -0.15) is 0 Å². The van der Waals surface area contributed by atoms with Gasteiger partial charge in [0.15, 0.2) is 0 Å². The van der Waals surface area contributed by atoms with Crippen LogP contribution in [0.3, 0.4) is 0 Å². The second kappa shape index (κ2) is 18.9. The van der Waals surface area contributed by atoms with E-state index in [1.54, 1.807) is 0 Å². The van der Waals surface area contributed by atoms with Crippen molar-refractivity contribution in [3.05, 3.63) is 47.5 Å². The molecule has 2 nitrogen and oxygen atoms in total. The van der Waals surface area contributed by atoms with Crippen LogP contribution in [0.25, 0.3) is 0 Å². The number of rotatable bonds is 15. The molecule has 3 N–H and O–H groups in total. The molecule has 0 heterocycles. The van der Waals surface area contributed by atoms with Crippen LogP contribution in [0.4, 0.5) is 11.4 Å². The summed E-state index contributed by atoms with van der Waals surface area (Å²) in [7, 11) is 2.01. The lowest BCUT2D eigenvalue weighted by Gasteiger charge is -2.15. The smallest absolute Gasteiger partial charge is 0.0478 e. The van der Waals surface area contributed by atoms with Crippen molar-refractivity contribution in [2.45, 2.75) is 103 Å². The Hall–Kier alpha value is -1.26. The molecule has 2 aromatic carbocycles. The maximum atomic E-state index is 6.03. The molecule has 2 aromatic rings. The molecule has 2 rings (SSSR count). The van der Waals surface area contributed by atoms with Crippen LogP contribution >= 0.6 is 23.5 Å². The Labute approximate surface area is 226 Å². The molecule has 0 fully saturated rings. The van der Waals surface area contributed by atoms with Gasteiger partial charge in [0.05, 0.1) is 0 Å². The molecular weight excluding hydrogens is 464 g/mol. The topological polar surface area (TPSA) is 38.0 Å². The standard InChI is InChI=1S/C16H27NS.C15H25NS/c1-5-7-8-14(6-2)12-18-16-10-9-13(3)11-15(16)17-4;1-4-6-7-13(5-2)11-17-15-9-8-12(3)10-14(15)16/h9-11,14,17H,5-8,12H2,1-4H3;8-10,13H,4-7,11,16H2,1-3H3. The SMILES string of the molecule is CCCCC(CC)CSc1ccc(C)cc1N.CCCCC(CC)CSc1ccc(C)cc1NC. The van der Waals surface area contributed by atoms with E-state index < -0.39 is 0 Å². The predicted octanol–water partition coefficient (Wildman–Crippen LogP) is 10.2. The highest BCUT2D eigenvalue weighted by Gasteiger charge is 2.09. The highest BCUT2D eigenvalue weighted by Crippen LogP contribution is 2.31. The Morgan fingerprint density at radius 1 is 0.743 bits per heavy atom. The molecule has 35 heavy (non-hydrogen) atoms. The summed E-state index contributed by atoms with van der Waals surface area (Å²) in [6, 6.07) is 13.0. The van der Waals surface area contributed by atoms with Gasteiger partial charge in [0.2, 0.25) is 0 Å². The number of thioether (sulfide) groups is 2. The molecule has 0 bridgehead atoms. The zero-order chi connectivity index (χ0) is 26.1. The van der Waals surface area contributed by atoms with E-state index >= 15 is 0 Å². The van der Waals surface area contributed by atoms with Crippen LogP contribution in [-0.4, -0.2) is 18.6 Å². The molecule has 0 amide bonds. The van der Waals surface area contributed by atoms with Crippen LogP contribution in [-0.2, 0) is 0 Å². The summed E-state index contributed by atoms with van der Waals surface area (Å²) >= 11 is 3.91. The first kappa shape index (κ1) is 31.8. The molecule has 0 aromatic heterocycles. The second-order valence-electron chi connectivity index (χ2n) is 9.75. The summed E-state index contributed by atoms with van der Waals surface area (Å²) < 4.78 is 0. The van der Waals surface area contributed by atoms with Crippen molar-refractivity contribution in [3.63, 3.8) is 0 Å². The van der Waals surface area contributed by atoms with Crippen molar-refractivity contribution in [2.75, 3.05) is 29.6 Å². The summed E-state index contributed by atoms with van der Waals surface area (Å²) in [5.74, 6) is 4.14. The van der Waals surface area contributed by atoms with Crippen molar-refractivity contribution in [1.82, 2.24) is 0 Å². The van der Waals surface area contributed by atoms with Crippen molar-refractivity contribution in [2.24, 2.45) is 11.8 Å². The molecule has 0 saturated heterocycles. The summed E-state index contributed by atoms with van der Waals surface area (Å²) in [6.07, 6.45) is 10.6. The van der Waals surface area contributed by atoms with Gasteiger partial charge in [-0.15, -0.1) is 23.5 Å². The van der Waals surface area contributed by atoms with Gasteiger partial charge in [0.1, 0.15) is 0 Å². The fourth-order valence-electron chi connectivity index (χ4n) is 3.98. The Morgan fingerprint density at radius 3 is 1.69 bits per heavy atom. The number of anilines is 2. The number of nitrogens with one attached hydrogen (secondary N) is 1. The van der Waals surface area contributed by atoms with Crippen LogP contribution in [0.5, 0.6) is 0 Å². The van der Waals surface area contributed by atoms with Crippen molar-refractivity contribution in [3.8, 4) is 0 Å². The van der Waals surface area contributed by atoms with Gasteiger partial charge in [0, 0.05) is 39.7 Å². The van der Waals surface area contributed by atoms with E-state index in [2.05, 4.69) is 83.3 Å². The Morgan fingerprint density at radius 2 is 1.23 bits per heavy atom. The van der Waals surface area contributed by atoms with E-state index in [4.69, 9.17) is 5.73 Å². The van der Waals surface area contributed by atoms with E-state index in [9.17, 15) is 0 Å². The van der Waals surface area contributed by atoms with Gasteiger partial charge >= 0.3 is 0 Å². The van der Waals surface area contributed by atoms with Gasteiger partial charge in [0.25, 0.3) is 0 Å². The molecule has 0 saturated carbocycles. The first-order chi connectivity index (χ1) is 16.9. The molecule has 4 heteroatoms. The minimum atomic E-state index is 0.834. The van der Waals surface area contributed by atoms with Gasteiger partial charge in [-0.3, -0.25) is 0 Å². The number of benzene rings is 2. The molecule has 0 aliphatic heterocycles. The largest absolute Gasteiger partial charge is 0.398 e. The molecule has 0 radical (unpaired) electrons. The average Bonchev–Trinajstić information content (AvgIpc) is 2.86. The molecule has 0 spiro atoms. The van der Waals surface area contributed by atoms with Gasteiger partial charge in [-0.1, -0.05) is 78.4 Å². The molecule has 198 valence electrons. The fraction of sp³-hybridized carbons (Fsp3) is 0.613. The summed E-state index contributed by atoms with van der Waals surface area (Å²) in [5, 5.41) is 3.30. The lowest BCUT2D eigenvalue weighted by molar-refractivity contribution is 0.499. The number of nitrogens with two attached hydrogens (primary N) is 1. The number of unbranched alkanes of at least 4 members (excludes halogenated alkanes) is 2. The Balaban J connectivity index is 0.000000351. The highest BCUT2D eigenvalue weighted by molar-refractivity contribution is 7.99. The predicted molar refractivity (Wildman–Crippen MR) is 164 cm³/mol. The Bertz CT molecular complexity index is 822. The first-order valence-corrected chi connectivity index (χ1v) is 15.7. The zero-order valence-corrected chi connectivity index (χ0v) is 25.2. The van der Waals surface area contributed by atoms with Crippen molar-refractivity contribution < 1.29 is 0 Å². The number of hydrogen-bond acceptors (Lipinski definition) is 4. The van der Waals surface area contributed by atoms with Crippen LogP contribution < -0.4 is 11.1 Å². The van der Waals surface area contributed by atoms with Crippen molar-refractivity contribution >= 4 is 34.9 Å². The average molecular weight is 517 g/mol. The normalized spacial score (nSPS) is 12.5. The fourth-order valence-corrected chi connectivity index (χ4v) is 6.48. The lowest BCUT2D eigenvalue weighted by Crippen LogP contribution is -2.02. The summed E-state index contributed by atoms with van der Waals surface area (Å²) in [5.41, 5.74) is 10.8. The number of hydrogen-bond donors (Lipinski definition) is 2. The molecule has 0 aliphatic rings. The first-order valence-electron chi connectivity index (χ1n) is 13.8. The Kier molecular flexibility index (Phi) is 17.2. The maximum absolute atomic E-state index is 6.03. The number of aryl methyl sites for hydroxylation is 2. The van der Waals surface area contributed by atoms with E-state index in [0.717, 1.165) is 17.5 Å². The third-order valence-corrected chi connectivity index (χ3v) is 9.23. The second-order valence-corrected chi connectivity index (χ2v) is 11.9. The van der Waals surface area contributed by atoms with Crippen LogP contribution in [0.15, 0.2) is 46.2 Å². The minimum absolute atomic E-state index is 0.834. The van der Waals surface area contributed by atoms with Gasteiger partial charge in [-0.05, 0) is 73.9 Å². The van der Waals surface area contributed by atoms with Crippen LogP contribution in [0, 0.1) is 25.7 Å². The van der Waals surface area contributed by atoms with Crippen LogP contribution in [0.2, 0.25) is 0 Å².